The third-order valence-electron chi connectivity index (χ3n) is 1.57. The van der Waals surface area contributed by atoms with E-state index in [1.54, 1.807) is 0 Å². The molecule has 0 heterocycles. The Morgan fingerprint density at radius 3 is 1.64 bits per heavy atom. The maximum absolute atomic E-state index is 8.91. The fourth-order valence-electron chi connectivity index (χ4n) is 1.08. The van der Waals surface area contributed by atoms with Crippen LogP contribution in [-0.4, -0.2) is 27.6 Å². The van der Waals surface area contributed by atoms with E-state index in [0.29, 0.717) is 0 Å². The minimum absolute atomic E-state index is 0.0359. The number of carbonyl (C=O) groups is 1. The minimum Gasteiger partial charge on any atom is -0.450 e. The van der Waals surface area contributed by atoms with Crippen LogP contribution in [0.4, 0.5) is 4.79 Å². The highest BCUT2D eigenvalue weighted by Crippen LogP contribution is 2.16. The summed E-state index contributed by atoms with van der Waals surface area (Å²) in [5.74, 6) is 0. The average molecular weight is 162 g/mol. The second-order valence-corrected chi connectivity index (χ2v) is 2.57. The fraction of sp³-hybridized carbons (Fsp3) is 0.857. The van der Waals surface area contributed by atoms with Gasteiger partial charge in [-0.25, -0.2) is 4.79 Å². The Labute approximate surface area is 65.5 Å². The molecule has 1 aliphatic rings. The van der Waals surface area contributed by atoms with E-state index >= 15 is 0 Å². The summed E-state index contributed by atoms with van der Waals surface area (Å²) < 4.78 is 0. The molecule has 1 saturated carbocycles. The molecular weight excluding hydrogens is 148 g/mol. The summed E-state index contributed by atoms with van der Waals surface area (Å²) >= 11 is 0. The summed E-state index contributed by atoms with van der Waals surface area (Å²) in [5.41, 5.74) is 0. The first-order valence-electron chi connectivity index (χ1n) is 3.73. The highest BCUT2D eigenvalue weighted by molar-refractivity contribution is 5.53. The monoisotopic (exact) mass is 162 g/mol. The summed E-state index contributed by atoms with van der Waals surface area (Å²) in [6, 6.07) is 0. The molecule has 11 heavy (non-hydrogen) atoms. The normalized spacial score (nSPS) is 18.3. The third kappa shape index (κ3) is 9.23. The van der Waals surface area contributed by atoms with Crippen LogP contribution < -0.4 is 0 Å². The molecule has 4 heteroatoms. The van der Waals surface area contributed by atoms with Crippen LogP contribution in [-0.2, 0) is 0 Å². The lowest BCUT2D eigenvalue weighted by Crippen LogP contribution is -2.09. The predicted molar refractivity (Wildman–Crippen MR) is 39.7 cm³/mol. The van der Waals surface area contributed by atoms with E-state index in [0.717, 1.165) is 12.8 Å². The number of hydrogen-bond donors (Lipinski definition) is 3. The molecule has 1 fully saturated rings. The van der Waals surface area contributed by atoms with Crippen molar-refractivity contribution in [3.8, 4) is 0 Å². The van der Waals surface area contributed by atoms with Crippen molar-refractivity contribution >= 4 is 6.16 Å². The molecule has 0 radical (unpaired) electrons. The van der Waals surface area contributed by atoms with Gasteiger partial charge in [-0.1, -0.05) is 19.3 Å². The molecule has 0 unspecified atom stereocenters. The predicted octanol–water partition coefficient (Wildman–Crippen LogP) is 1.53. The maximum atomic E-state index is 8.91. The van der Waals surface area contributed by atoms with Crippen LogP contribution in [0.25, 0.3) is 0 Å². The first-order valence-corrected chi connectivity index (χ1v) is 3.73. The van der Waals surface area contributed by atoms with Crippen molar-refractivity contribution in [3.05, 3.63) is 0 Å². The lowest BCUT2D eigenvalue weighted by Gasteiger charge is -2.14. The second kappa shape index (κ2) is 5.97. The van der Waals surface area contributed by atoms with Gasteiger partial charge in [0.25, 0.3) is 0 Å². The molecule has 1 aliphatic carbocycles. The van der Waals surface area contributed by atoms with Crippen LogP contribution in [0.3, 0.4) is 0 Å². The van der Waals surface area contributed by atoms with Crippen LogP contribution >= 0.6 is 0 Å². The van der Waals surface area contributed by atoms with Gasteiger partial charge in [-0.3, -0.25) is 0 Å². The minimum atomic E-state index is -1.83. The molecule has 0 aromatic heterocycles. The Morgan fingerprint density at radius 1 is 1.09 bits per heavy atom. The molecule has 0 saturated heterocycles. The molecule has 0 spiro atoms. The summed E-state index contributed by atoms with van der Waals surface area (Å²) in [6.45, 7) is 0. The number of carboxylic acid groups (broad SMARTS) is 2. The van der Waals surface area contributed by atoms with Crippen molar-refractivity contribution in [2.45, 2.75) is 38.2 Å². The second-order valence-electron chi connectivity index (χ2n) is 2.57. The van der Waals surface area contributed by atoms with Crippen molar-refractivity contribution in [3.63, 3.8) is 0 Å². The summed E-state index contributed by atoms with van der Waals surface area (Å²) in [5, 5.41) is 22.9. The fourth-order valence-corrected chi connectivity index (χ4v) is 1.08. The van der Waals surface area contributed by atoms with E-state index in [-0.39, 0.29) is 6.10 Å². The van der Waals surface area contributed by atoms with Gasteiger partial charge in [0.1, 0.15) is 0 Å². The molecule has 3 N–H and O–H groups in total. The molecule has 0 aromatic carbocycles. The van der Waals surface area contributed by atoms with Crippen molar-refractivity contribution in [2.75, 3.05) is 0 Å². The number of aliphatic hydroxyl groups excluding tert-OH is 1. The molecule has 0 bridgehead atoms. The van der Waals surface area contributed by atoms with E-state index in [4.69, 9.17) is 20.1 Å². The van der Waals surface area contributed by atoms with Gasteiger partial charge in [0.05, 0.1) is 6.10 Å². The van der Waals surface area contributed by atoms with E-state index in [2.05, 4.69) is 0 Å². The highest BCUT2D eigenvalue weighted by Gasteiger charge is 2.07. The maximum Gasteiger partial charge on any atom is 0.503 e. The molecule has 0 aromatic rings. The zero-order valence-corrected chi connectivity index (χ0v) is 6.36. The summed E-state index contributed by atoms with van der Waals surface area (Å²) in [4.78, 5) is 8.56. The number of hydrogen-bond acceptors (Lipinski definition) is 2. The van der Waals surface area contributed by atoms with Gasteiger partial charge < -0.3 is 15.3 Å². The number of aliphatic hydroxyl groups is 1. The topological polar surface area (TPSA) is 77.8 Å². The molecular formula is C7H14O4. The zero-order chi connectivity index (χ0) is 8.69. The smallest absolute Gasteiger partial charge is 0.450 e. The lowest BCUT2D eigenvalue weighted by atomic mass is 9.98. The first-order chi connectivity index (χ1) is 5.13. The van der Waals surface area contributed by atoms with Gasteiger partial charge in [0, 0.05) is 0 Å². The van der Waals surface area contributed by atoms with E-state index in [9.17, 15) is 0 Å². The zero-order valence-electron chi connectivity index (χ0n) is 6.36. The van der Waals surface area contributed by atoms with Crippen molar-refractivity contribution in [2.24, 2.45) is 0 Å². The Morgan fingerprint density at radius 2 is 1.45 bits per heavy atom. The Balaban J connectivity index is 0.000000218. The molecule has 0 atom stereocenters. The van der Waals surface area contributed by atoms with E-state index in [1.165, 1.54) is 19.3 Å². The Hall–Kier alpha value is -0.770. The SMILES string of the molecule is O=C(O)O.OC1CCCCC1. The van der Waals surface area contributed by atoms with Gasteiger partial charge in [-0.05, 0) is 12.8 Å². The van der Waals surface area contributed by atoms with Crippen LogP contribution in [0, 0.1) is 0 Å². The summed E-state index contributed by atoms with van der Waals surface area (Å²) in [6.07, 6.45) is 4.09. The quantitative estimate of drug-likeness (QED) is 0.504. The van der Waals surface area contributed by atoms with Crippen LogP contribution in [0.1, 0.15) is 32.1 Å². The standard InChI is InChI=1S/C6H12O.CH2O3/c7-6-4-2-1-3-5-6;2-1(3)4/h6-7H,1-5H2;(H2,2,3,4). The van der Waals surface area contributed by atoms with E-state index in [1.807, 2.05) is 0 Å². The molecule has 0 aliphatic heterocycles. The van der Waals surface area contributed by atoms with Gasteiger partial charge in [0.2, 0.25) is 0 Å². The molecule has 0 amide bonds. The average Bonchev–Trinajstić information content (AvgIpc) is 1.87. The van der Waals surface area contributed by atoms with Crippen LogP contribution in [0.15, 0.2) is 0 Å². The van der Waals surface area contributed by atoms with Gasteiger partial charge in [-0.2, -0.15) is 0 Å². The number of rotatable bonds is 0. The Bertz CT molecular complexity index is 103. The van der Waals surface area contributed by atoms with Crippen molar-refractivity contribution < 1.29 is 20.1 Å². The van der Waals surface area contributed by atoms with E-state index < -0.39 is 6.16 Å². The van der Waals surface area contributed by atoms with Gasteiger partial charge >= 0.3 is 6.16 Å². The molecule has 66 valence electrons. The van der Waals surface area contributed by atoms with Crippen molar-refractivity contribution in [1.82, 2.24) is 0 Å². The largest absolute Gasteiger partial charge is 0.503 e. The first kappa shape index (κ1) is 10.2. The third-order valence-corrected chi connectivity index (χ3v) is 1.57. The van der Waals surface area contributed by atoms with Crippen LogP contribution in [0.5, 0.6) is 0 Å². The lowest BCUT2D eigenvalue weighted by molar-refractivity contribution is 0.130. The summed E-state index contributed by atoms with van der Waals surface area (Å²) in [7, 11) is 0. The highest BCUT2D eigenvalue weighted by atomic mass is 16.6. The van der Waals surface area contributed by atoms with Gasteiger partial charge in [0.15, 0.2) is 0 Å². The van der Waals surface area contributed by atoms with Crippen LogP contribution in [0.2, 0.25) is 0 Å². The Kier molecular flexibility index (Phi) is 5.56. The van der Waals surface area contributed by atoms with Gasteiger partial charge in [-0.15, -0.1) is 0 Å². The van der Waals surface area contributed by atoms with Crippen molar-refractivity contribution in [1.29, 1.82) is 0 Å². The molecule has 4 nitrogen and oxygen atoms in total. The molecule has 1 rings (SSSR count).